The lowest BCUT2D eigenvalue weighted by Crippen LogP contribution is -2.34. The monoisotopic (exact) mass is 403 g/mol. The average Bonchev–Trinajstić information content (AvgIpc) is 3.44. The van der Waals surface area contributed by atoms with Crippen LogP contribution in [0.5, 0.6) is 0 Å². The summed E-state index contributed by atoms with van der Waals surface area (Å²) in [6, 6.07) is 7.07. The number of anilines is 2. The molecule has 1 aliphatic heterocycles. The molecule has 1 saturated carbocycles. The van der Waals surface area contributed by atoms with E-state index in [1.165, 1.54) is 18.8 Å². The number of hydrogen-bond acceptors (Lipinski definition) is 5. The number of piperidine rings is 1. The fraction of sp³-hybridized carbons (Fsp3) is 0.316. The third-order valence-corrected chi connectivity index (χ3v) is 6.40. The van der Waals surface area contributed by atoms with Gasteiger partial charge in [0.25, 0.3) is 0 Å². The minimum atomic E-state index is -0.621. The Morgan fingerprint density at radius 1 is 1.19 bits per heavy atom. The molecule has 2 N–H and O–H groups in total. The Morgan fingerprint density at radius 3 is 2.93 bits per heavy atom. The van der Waals surface area contributed by atoms with Crippen molar-refractivity contribution in [3.8, 4) is 0 Å². The van der Waals surface area contributed by atoms with E-state index >= 15 is 0 Å². The molecule has 0 amide bonds. The van der Waals surface area contributed by atoms with Gasteiger partial charge in [-0.2, -0.15) is 0 Å². The van der Waals surface area contributed by atoms with Crippen molar-refractivity contribution in [2.24, 2.45) is 5.92 Å². The van der Waals surface area contributed by atoms with Gasteiger partial charge in [-0.15, -0.1) is 0 Å². The van der Waals surface area contributed by atoms with Gasteiger partial charge in [0.05, 0.1) is 21.2 Å². The molecule has 0 bridgehead atoms. The summed E-state index contributed by atoms with van der Waals surface area (Å²) in [4.78, 5) is 13.4. The summed E-state index contributed by atoms with van der Waals surface area (Å²) in [5.41, 5.74) is 2.66. The normalized spacial score (nSPS) is 23.9. The lowest BCUT2D eigenvalue weighted by molar-refractivity contribution is 0.440. The van der Waals surface area contributed by atoms with Crippen molar-refractivity contribution in [3.63, 3.8) is 0 Å². The third kappa shape index (κ3) is 2.74. The Labute approximate surface area is 165 Å². The van der Waals surface area contributed by atoms with Crippen LogP contribution in [0.4, 0.5) is 15.9 Å². The van der Waals surface area contributed by atoms with Crippen LogP contribution in [-0.2, 0) is 5.41 Å². The highest BCUT2D eigenvalue weighted by atomic mass is 35.5. The molecule has 1 saturated heterocycles. The number of nitrogens with one attached hydrogen (secondary N) is 2. The van der Waals surface area contributed by atoms with E-state index in [9.17, 15) is 4.39 Å². The summed E-state index contributed by atoms with van der Waals surface area (Å²) >= 11 is 11.8. The molecule has 2 atom stereocenters. The predicted octanol–water partition coefficient (Wildman–Crippen LogP) is 4.47. The number of nitrogens with zero attached hydrogens (tertiary/aromatic N) is 3. The zero-order valence-electron chi connectivity index (χ0n) is 14.3. The van der Waals surface area contributed by atoms with Crippen molar-refractivity contribution >= 4 is 45.7 Å². The quantitative estimate of drug-likeness (QED) is 0.631. The van der Waals surface area contributed by atoms with Crippen molar-refractivity contribution in [3.05, 3.63) is 52.1 Å². The average molecular weight is 404 g/mol. The predicted molar refractivity (Wildman–Crippen MR) is 104 cm³/mol. The first-order chi connectivity index (χ1) is 13.1. The van der Waals surface area contributed by atoms with Crippen LogP contribution in [-0.4, -0.2) is 28.0 Å². The fourth-order valence-electron chi connectivity index (χ4n) is 4.03. The molecule has 2 fully saturated rings. The van der Waals surface area contributed by atoms with Gasteiger partial charge in [0.15, 0.2) is 11.6 Å². The maximum absolute atomic E-state index is 14.4. The Kier molecular flexibility index (Phi) is 3.96. The Balaban J connectivity index is 1.57. The van der Waals surface area contributed by atoms with Gasteiger partial charge in [0.1, 0.15) is 11.8 Å². The summed E-state index contributed by atoms with van der Waals surface area (Å²) < 4.78 is 14.4. The number of halogens is 3. The van der Waals surface area contributed by atoms with E-state index in [-0.39, 0.29) is 21.1 Å². The molecule has 2 unspecified atom stereocenters. The maximum atomic E-state index is 14.4. The van der Waals surface area contributed by atoms with Crippen LogP contribution in [0.3, 0.4) is 0 Å². The number of hydrogen-bond donors (Lipinski definition) is 2. The van der Waals surface area contributed by atoms with Crippen LogP contribution in [0.15, 0.2) is 30.6 Å². The molecule has 2 aromatic heterocycles. The third-order valence-electron chi connectivity index (χ3n) is 5.62. The van der Waals surface area contributed by atoms with Crippen molar-refractivity contribution in [1.82, 2.24) is 20.3 Å². The number of fused-ring (bicyclic) bond motifs is 2. The Bertz CT molecular complexity index is 1060. The van der Waals surface area contributed by atoms with Crippen LogP contribution in [0, 0.1) is 11.7 Å². The Morgan fingerprint density at radius 2 is 2.07 bits per heavy atom. The van der Waals surface area contributed by atoms with Gasteiger partial charge in [0.2, 0.25) is 0 Å². The van der Waals surface area contributed by atoms with E-state index in [0.29, 0.717) is 22.8 Å². The van der Waals surface area contributed by atoms with E-state index in [1.807, 2.05) is 12.1 Å². The first-order valence-corrected chi connectivity index (χ1v) is 9.57. The van der Waals surface area contributed by atoms with Gasteiger partial charge in [0, 0.05) is 17.7 Å². The highest BCUT2D eigenvalue weighted by Crippen LogP contribution is 2.56. The number of pyridine rings is 1. The minimum absolute atomic E-state index is 0.106. The first kappa shape index (κ1) is 17.1. The molecule has 138 valence electrons. The zero-order chi connectivity index (χ0) is 18.6. The molecule has 0 spiro atoms. The topological polar surface area (TPSA) is 62.7 Å². The molecular formula is C19H16Cl2FN5. The lowest BCUT2D eigenvalue weighted by atomic mass is 9.94. The van der Waals surface area contributed by atoms with E-state index in [0.717, 1.165) is 25.2 Å². The number of benzene rings is 1. The summed E-state index contributed by atoms with van der Waals surface area (Å²) in [6.45, 7) is 2.00. The molecule has 5 nitrogen and oxygen atoms in total. The molecule has 3 heterocycles. The summed E-state index contributed by atoms with van der Waals surface area (Å²) in [7, 11) is 0. The van der Waals surface area contributed by atoms with Gasteiger partial charge >= 0.3 is 0 Å². The van der Waals surface area contributed by atoms with E-state index < -0.39 is 5.82 Å². The summed E-state index contributed by atoms with van der Waals surface area (Å²) in [5, 5.41) is 6.51. The smallest absolute Gasteiger partial charge is 0.166 e. The first-order valence-electron chi connectivity index (χ1n) is 8.82. The molecule has 27 heavy (non-hydrogen) atoms. The van der Waals surface area contributed by atoms with Gasteiger partial charge in [-0.3, -0.25) is 0 Å². The molecule has 3 aromatic rings. The second-order valence-corrected chi connectivity index (χ2v) is 7.94. The van der Waals surface area contributed by atoms with E-state index in [1.54, 1.807) is 6.07 Å². The van der Waals surface area contributed by atoms with Gasteiger partial charge in [-0.05, 0) is 49.6 Å². The van der Waals surface area contributed by atoms with Crippen LogP contribution in [0.1, 0.15) is 18.5 Å². The number of rotatable bonds is 3. The van der Waals surface area contributed by atoms with Crippen molar-refractivity contribution in [1.29, 1.82) is 0 Å². The van der Waals surface area contributed by atoms with Gasteiger partial charge in [-0.1, -0.05) is 23.2 Å². The summed E-state index contributed by atoms with van der Waals surface area (Å²) in [6.07, 6.45) is 3.75. The SMILES string of the molecule is Fc1c(Nc2ncnc3ccc(C45CNCCC4C5)nc23)ccc(Cl)c1Cl. The highest BCUT2D eigenvalue weighted by molar-refractivity contribution is 6.42. The van der Waals surface area contributed by atoms with Crippen LogP contribution in [0.25, 0.3) is 11.0 Å². The highest BCUT2D eigenvalue weighted by Gasteiger charge is 2.57. The second kappa shape index (κ2) is 6.26. The maximum Gasteiger partial charge on any atom is 0.166 e. The molecule has 5 rings (SSSR count). The largest absolute Gasteiger partial charge is 0.336 e. The molecule has 1 aliphatic carbocycles. The van der Waals surface area contributed by atoms with E-state index in [2.05, 4.69) is 20.6 Å². The van der Waals surface area contributed by atoms with Crippen LogP contribution >= 0.6 is 23.2 Å². The van der Waals surface area contributed by atoms with Crippen LogP contribution in [0.2, 0.25) is 10.0 Å². The summed E-state index contributed by atoms with van der Waals surface area (Å²) in [5.74, 6) is 0.498. The lowest BCUT2D eigenvalue weighted by Gasteiger charge is -2.23. The zero-order valence-corrected chi connectivity index (χ0v) is 15.8. The van der Waals surface area contributed by atoms with E-state index in [4.69, 9.17) is 28.2 Å². The molecule has 8 heteroatoms. The van der Waals surface area contributed by atoms with Gasteiger partial charge < -0.3 is 10.6 Å². The second-order valence-electron chi connectivity index (χ2n) is 7.16. The number of aromatic nitrogens is 3. The van der Waals surface area contributed by atoms with Crippen molar-refractivity contribution in [2.45, 2.75) is 18.3 Å². The van der Waals surface area contributed by atoms with Crippen LogP contribution < -0.4 is 10.6 Å². The van der Waals surface area contributed by atoms with Crippen molar-refractivity contribution < 1.29 is 4.39 Å². The minimum Gasteiger partial charge on any atom is -0.336 e. The molecule has 1 aromatic carbocycles. The van der Waals surface area contributed by atoms with Crippen molar-refractivity contribution in [2.75, 3.05) is 18.4 Å². The van der Waals surface area contributed by atoms with Gasteiger partial charge in [-0.25, -0.2) is 19.3 Å². The fourth-order valence-corrected chi connectivity index (χ4v) is 4.34. The molecule has 2 aliphatic rings. The Hall–Kier alpha value is -2.02. The standard InChI is InChI=1S/C19H16Cl2FN5/c20-11-1-2-12(16(22)15(11)21)26-18-17-13(24-9-25-18)3-4-14(27-17)19-7-10(19)5-6-23-8-19/h1-4,9-10,23H,5-8H2,(H,24,25,26). The molecule has 0 radical (unpaired) electrons. The molecular weight excluding hydrogens is 388 g/mol.